The molecule has 1 aliphatic heterocycles. The van der Waals surface area contributed by atoms with Crippen LogP contribution in [-0.4, -0.2) is 89.1 Å². The van der Waals surface area contributed by atoms with Gasteiger partial charge in [0, 0.05) is 18.0 Å². The Hall–Kier alpha value is 0.01000. The molecule has 7 atom stereocenters. The molecular weight excluding hydrogens is 516 g/mol. The van der Waals surface area contributed by atoms with Crippen molar-refractivity contribution < 1.29 is 24.8 Å². The fourth-order valence-corrected chi connectivity index (χ4v) is 8.20. The Morgan fingerprint density at radius 2 is 1.77 bits per heavy atom. The van der Waals surface area contributed by atoms with Crippen LogP contribution in [0.4, 0.5) is 0 Å². The average Bonchev–Trinajstić information content (AvgIpc) is 3.03. The van der Waals surface area contributed by atoms with Crippen LogP contribution < -0.4 is 5.73 Å². The molecule has 0 aromatic heterocycles. The maximum atomic E-state index is 11.7. The molecule has 0 aromatic rings. The van der Waals surface area contributed by atoms with Gasteiger partial charge in [0.1, 0.15) is 0 Å². The molecule has 3 aliphatic rings. The molecule has 0 spiro atoms. The molecule has 0 amide bonds. The summed E-state index contributed by atoms with van der Waals surface area (Å²) < 4.78 is 12.2. The largest absolute Gasteiger partial charge is 0.389 e. The summed E-state index contributed by atoms with van der Waals surface area (Å²) in [5.74, 6) is 1.87. The summed E-state index contributed by atoms with van der Waals surface area (Å²) in [7, 11) is 2.19. The van der Waals surface area contributed by atoms with Crippen molar-refractivity contribution in [2.45, 2.75) is 133 Å². The van der Waals surface area contributed by atoms with Crippen LogP contribution in [0.5, 0.6) is 0 Å². The second kappa shape index (κ2) is 16.0. The quantitative estimate of drug-likeness (QED) is 0.178. The number of rotatable bonds is 14. The van der Waals surface area contributed by atoms with Gasteiger partial charge < -0.3 is 35.4 Å². The van der Waals surface area contributed by atoms with Crippen molar-refractivity contribution in [1.82, 2.24) is 4.90 Å². The average molecular weight is 575 g/mol. The predicted molar refractivity (Wildman–Crippen MR) is 158 cm³/mol. The van der Waals surface area contributed by atoms with Crippen LogP contribution in [0.1, 0.15) is 97.8 Å². The lowest BCUT2D eigenvalue weighted by Gasteiger charge is -2.43. The van der Waals surface area contributed by atoms with E-state index in [0.717, 1.165) is 90.1 Å². The van der Waals surface area contributed by atoms with Gasteiger partial charge >= 0.3 is 0 Å². The van der Waals surface area contributed by atoms with Crippen molar-refractivity contribution in [2.75, 3.05) is 33.4 Å². The molecule has 0 bridgehead atoms. The molecule has 3 rings (SSSR count). The zero-order valence-corrected chi connectivity index (χ0v) is 25.9. The predicted octanol–water partition coefficient (Wildman–Crippen LogP) is 4.53. The van der Waals surface area contributed by atoms with Crippen LogP contribution in [-0.2, 0) is 9.47 Å². The monoisotopic (exact) mass is 574 g/mol. The minimum Gasteiger partial charge on any atom is -0.389 e. The standard InChI is InChI=1S/C31H59ClN2O5/c1-5-7-26-25(27-18-24(38-20-30(35)36)13-14-29(27)39-19-28(26)33)8-6-16-34(4)17-15-31(37,21(2)3)22-9-11-23(32)12-10-22/h21-30,35-37H,5-20,33H2,1-4H3/t22?,23?,24-,25?,26-,27+,28+,29?,31?/m0/s1. The molecule has 0 radical (unpaired) electrons. The number of alkyl halides is 1. The Morgan fingerprint density at radius 3 is 2.41 bits per heavy atom. The van der Waals surface area contributed by atoms with Gasteiger partial charge in [-0.15, -0.1) is 11.6 Å². The van der Waals surface area contributed by atoms with Gasteiger partial charge in [-0.25, -0.2) is 0 Å². The number of aliphatic hydroxyl groups excluding tert-OH is 1. The fourth-order valence-electron chi connectivity index (χ4n) is 7.95. The molecule has 39 heavy (non-hydrogen) atoms. The van der Waals surface area contributed by atoms with Gasteiger partial charge in [-0.3, -0.25) is 0 Å². The fraction of sp³-hybridized carbons (Fsp3) is 1.00. The van der Waals surface area contributed by atoms with E-state index in [1.54, 1.807) is 0 Å². The number of nitrogens with two attached hydrogens (primary N) is 1. The van der Waals surface area contributed by atoms with Crippen LogP contribution in [0.15, 0.2) is 0 Å². The third-order valence-electron chi connectivity index (χ3n) is 10.4. The number of nitrogens with zero attached hydrogens (tertiary/aromatic N) is 1. The third-order valence-corrected chi connectivity index (χ3v) is 10.8. The lowest BCUT2D eigenvalue weighted by Crippen LogP contribution is -2.47. The highest BCUT2D eigenvalue weighted by Crippen LogP contribution is 2.44. The van der Waals surface area contributed by atoms with E-state index in [1.807, 2.05) is 0 Å². The molecular formula is C31H59ClN2O5. The minimum atomic E-state index is -1.43. The Bertz CT molecular complexity index is 692. The van der Waals surface area contributed by atoms with Gasteiger partial charge in [0.05, 0.1) is 31.0 Å². The van der Waals surface area contributed by atoms with Crippen molar-refractivity contribution in [1.29, 1.82) is 0 Å². The van der Waals surface area contributed by atoms with Crippen LogP contribution in [0.2, 0.25) is 0 Å². The molecule has 7 nitrogen and oxygen atoms in total. The second-order valence-electron chi connectivity index (χ2n) is 13.4. The highest BCUT2D eigenvalue weighted by atomic mass is 35.5. The SMILES string of the molecule is CCC[C@H]1C(CCCN(C)CCC(O)(C(C)C)C2CCC(Cl)CC2)[C@H]2C[C@@H](OCC(O)O)CCC2OC[C@H]1N. The Morgan fingerprint density at radius 1 is 1.05 bits per heavy atom. The highest BCUT2D eigenvalue weighted by molar-refractivity contribution is 6.20. The number of hydrogen-bond acceptors (Lipinski definition) is 7. The molecule has 0 aromatic carbocycles. The van der Waals surface area contributed by atoms with Crippen molar-refractivity contribution in [3.8, 4) is 0 Å². The van der Waals surface area contributed by atoms with E-state index in [4.69, 9.17) is 26.8 Å². The first-order valence-corrected chi connectivity index (χ1v) is 16.4. The van der Waals surface area contributed by atoms with Gasteiger partial charge in [-0.1, -0.05) is 27.2 Å². The third kappa shape index (κ3) is 9.51. The number of hydrogen-bond donors (Lipinski definition) is 4. The van der Waals surface area contributed by atoms with Crippen LogP contribution >= 0.6 is 11.6 Å². The molecule has 2 saturated carbocycles. The van der Waals surface area contributed by atoms with Gasteiger partial charge in [0.25, 0.3) is 0 Å². The van der Waals surface area contributed by atoms with Crippen molar-refractivity contribution >= 4 is 11.6 Å². The summed E-state index contributed by atoms with van der Waals surface area (Å²) in [6.07, 6.45) is 10.9. The van der Waals surface area contributed by atoms with Gasteiger partial charge in [-0.05, 0) is 114 Å². The first-order valence-electron chi connectivity index (χ1n) is 15.9. The second-order valence-corrected chi connectivity index (χ2v) is 14.0. The summed E-state index contributed by atoms with van der Waals surface area (Å²) in [6.45, 7) is 9.06. The van der Waals surface area contributed by atoms with Crippen molar-refractivity contribution in [3.05, 3.63) is 0 Å². The maximum Gasteiger partial charge on any atom is 0.175 e. The van der Waals surface area contributed by atoms with Gasteiger partial charge in [0.2, 0.25) is 0 Å². The summed E-state index contributed by atoms with van der Waals surface area (Å²) in [4.78, 5) is 2.40. The van der Waals surface area contributed by atoms with E-state index >= 15 is 0 Å². The number of halogens is 1. The summed E-state index contributed by atoms with van der Waals surface area (Å²) in [5.41, 5.74) is 6.08. The topological polar surface area (TPSA) is 108 Å². The van der Waals surface area contributed by atoms with E-state index in [2.05, 4.69) is 32.7 Å². The summed E-state index contributed by atoms with van der Waals surface area (Å²) >= 11 is 6.36. The van der Waals surface area contributed by atoms with E-state index in [-0.39, 0.29) is 36.2 Å². The lowest BCUT2D eigenvalue weighted by atomic mass is 9.68. The van der Waals surface area contributed by atoms with Gasteiger partial charge in [0.15, 0.2) is 6.29 Å². The Balaban J connectivity index is 1.58. The highest BCUT2D eigenvalue weighted by Gasteiger charge is 2.44. The lowest BCUT2D eigenvalue weighted by molar-refractivity contribution is -0.133. The Kier molecular flexibility index (Phi) is 13.8. The van der Waals surface area contributed by atoms with E-state index in [9.17, 15) is 15.3 Å². The normalized spacial score (nSPS) is 35.7. The smallest absolute Gasteiger partial charge is 0.175 e. The van der Waals surface area contributed by atoms with Gasteiger partial charge in [-0.2, -0.15) is 0 Å². The minimum absolute atomic E-state index is 0.0354. The van der Waals surface area contributed by atoms with E-state index < -0.39 is 11.9 Å². The number of ether oxygens (including phenoxy) is 2. The molecule has 8 heteroatoms. The molecule has 2 aliphatic carbocycles. The summed E-state index contributed by atoms with van der Waals surface area (Å²) in [5, 5.41) is 30.6. The van der Waals surface area contributed by atoms with Crippen LogP contribution in [0, 0.1) is 29.6 Å². The van der Waals surface area contributed by atoms with Crippen LogP contribution in [0.25, 0.3) is 0 Å². The molecule has 1 saturated heterocycles. The molecule has 1 heterocycles. The molecule has 3 unspecified atom stereocenters. The maximum absolute atomic E-state index is 11.7. The van der Waals surface area contributed by atoms with E-state index in [0.29, 0.717) is 30.3 Å². The molecule has 230 valence electrons. The summed E-state index contributed by atoms with van der Waals surface area (Å²) in [6, 6.07) is 0.0565. The number of fused-ring (bicyclic) bond motifs is 1. The number of aliphatic hydroxyl groups is 3. The molecule has 3 fully saturated rings. The Labute approximate surface area is 243 Å². The molecule has 5 N–H and O–H groups in total. The van der Waals surface area contributed by atoms with Crippen molar-refractivity contribution in [3.63, 3.8) is 0 Å². The first-order chi connectivity index (χ1) is 18.5. The van der Waals surface area contributed by atoms with E-state index in [1.165, 1.54) is 0 Å². The zero-order chi connectivity index (χ0) is 28.6. The van der Waals surface area contributed by atoms with Crippen molar-refractivity contribution in [2.24, 2.45) is 35.3 Å². The first kappa shape index (κ1) is 33.5. The van der Waals surface area contributed by atoms with Crippen LogP contribution in [0.3, 0.4) is 0 Å². The zero-order valence-electron chi connectivity index (χ0n) is 25.1.